The van der Waals surface area contributed by atoms with Crippen LogP contribution in [0.15, 0.2) is 18.2 Å². The van der Waals surface area contributed by atoms with Crippen molar-refractivity contribution in [2.75, 3.05) is 39.3 Å². The van der Waals surface area contributed by atoms with Gasteiger partial charge in [-0.1, -0.05) is 12.1 Å². The molecule has 220 valence electrons. The Hall–Kier alpha value is -2.78. The molecule has 0 atom stereocenters. The third kappa shape index (κ3) is 6.52. The number of alkyl halides is 10. The Labute approximate surface area is 216 Å². The second-order valence-corrected chi connectivity index (χ2v) is 9.50. The lowest BCUT2D eigenvalue weighted by Gasteiger charge is -2.42. The van der Waals surface area contributed by atoms with Gasteiger partial charge in [0.05, 0.1) is 0 Å². The van der Waals surface area contributed by atoms with Crippen LogP contribution in [0.3, 0.4) is 0 Å². The molecule has 3 rings (SSSR count). The summed E-state index contributed by atoms with van der Waals surface area (Å²) in [6, 6.07) is 0.0578. The van der Waals surface area contributed by atoms with Gasteiger partial charge < -0.3 is 15.5 Å². The fourth-order valence-electron chi connectivity index (χ4n) is 4.78. The zero-order chi connectivity index (χ0) is 29.4. The number of piperazine rings is 1. The first-order valence-corrected chi connectivity index (χ1v) is 12.0. The molecule has 2 saturated heterocycles. The van der Waals surface area contributed by atoms with Crippen molar-refractivity contribution in [1.29, 1.82) is 0 Å². The van der Waals surface area contributed by atoms with Gasteiger partial charge in [-0.3, -0.25) is 9.69 Å². The van der Waals surface area contributed by atoms with E-state index in [1.165, 1.54) is 9.80 Å². The lowest BCUT2D eigenvalue weighted by Crippen LogP contribution is -2.55. The van der Waals surface area contributed by atoms with E-state index in [1.54, 1.807) is 0 Å². The van der Waals surface area contributed by atoms with Crippen molar-refractivity contribution in [2.24, 2.45) is 5.73 Å². The van der Waals surface area contributed by atoms with Crippen LogP contribution in [0.4, 0.5) is 48.7 Å². The van der Waals surface area contributed by atoms with Gasteiger partial charge in [0.2, 0.25) is 5.91 Å². The highest BCUT2D eigenvalue weighted by atomic mass is 19.4. The molecular formula is C23H26F10N4O2. The maximum absolute atomic E-state index is 14.0. The number of likely N-dealkylation sites (tertiary alicyclic amines) is 1. The van der Waals surface area contributed by atoms with Crippen LogP contribution < -0.4 is 5.73 Å². The number of halogens is 10. The number of piperidine rings is 1. The predicted molar refractivity (Wildman–Crippen MR) is 117 cm³/mol. The van der Waals surface area contributed by atoms with Crippen molar-refractivity contribution in [2.45, 2.75) is 55.9 Å². The molecule has 0 radical (unpaired) electrons. The first kappa shape index (κ1) is 30.8. The van der Waals surface area contributed by atoms with Crippen LogP contribution >= 0.6 is 0 Å². The van der Waals surface area contributed by atoms with E-state index >= 15 is 0 Å². The first-order chi connectivity index (χ1) is 17.9. The maximum atomic E-state index is 14.0. The Morgan fingerprint density at radius 1 is 0.744 bits per heavy atom. The molecule has 2 aliphatic heterocycles. The van der Waals surface area contributed by atoms with Gasteiger partial charge in [0.15, 0.2) is 0 Å². The molecule has 1 aromatic rings. The highest BCUT2D eigenvalue weighted by Gasteiger charge is 2.65. The van der Waals surface area contributed by atoms with E-state index in [1.807, 2.05) is 0 Å². The average Bonchev–Trinajstić information content (AvgIpc) is 2.86. The van der Waals surface area contributed by atoms with E-state index in [0.717, 1.165) is 0 Å². The van der Waals surface area contributed by atoms with Crippen molar-refractivity contribution in [1.82, 2.24) is 14.7 Å². The number of carbonyl (C=O) groups is 2. The van der Waals surface area contributed by atoms with Crippen molar-refractivity contribution < 1.29 is 53.5 Å². The third-order valence-electron chi connectivity index (χ3n) is 7.06. The molecule has 0 unspecified atom stereocenters. The Kier molecular flexibility index (Phi) is 8.68. The smallest absolute Gasteiger partial charge is 0.351 e. The molecule has 3 amide bonds. The number of aryl methyl sites for hydroxylation is 1. The molecule has 2 heterocycles. The van der Waals surface area contributed by atoms with Gasteiger partial charge in [-0.2, -0.15) is 43.9 Å². The van der Waals surface area contributed by atoms with Gasteiger partial charge in [0.25, 0.3) is 0 Å². The summed E-state index contributed by atoms with van der Waals surface area (Å²) in [4.78, 5) is 29.0. The number of hydrogen-bond donors (Lipinski definition) is 1. The summed E-state index contributed by atoms with van der Waals surface area (Å²) in [5, 5.41) is 0. The summed E-state index contributed by atoms with van der Waals surface area (Å²) in [6.07, 6.45) is -12.5. The Balaban J connectivity index is 1.66. The molecule has 0 aromatic heterocycles. The molecule has 0 saturated carbocycles. The minimum Gasteiger partial charge on any atom is -0.351 e. The molecule has 1 aromatic carbocycles. The normalized spacial score (nSPS) is 18.9. The molecule has 39 heavy (non-hydrogen) atoms. The van der Waals surface area contributed by atoms with Crippen molar-refractivity contribution >= 4 is 11.9 Å². The molecule has 0 aliphatic carbocycles. The number of carbonyl (C=O) groups excluding carboxylic acids is 2. The van der Waals surface area contributed by atoms with Crippen LogP contribution in [-0.2, 0) is 23.1 Å². The molecule has 2 aliphatic rings. The summed E-state index contributed by atoms with van der Waals surface area (Å²) in [7, 11) is 0. The fraction of sp³-hybridized carbons (Fsp3) is 0.652. The number of urea groups is 1. The lowest BCUT2D eigenvalue weighted by molar-refractivity contribution is -0.301. The molecule has 16 heteroatoms. The highest BCUT2D eigenvalue weighted by molar-refractivity contribution is 5.76. The third-order valence-corrected chi connectivity index (χ3v) is 7.06. The summed E-state index contributed by atoms with van der Waals surface area (Å²) >= 11 is 0. The number of primary amides is 1. The zero-order valence-corrected chi connectivity index (χ0v) is 20.4. The van der Waals surface area contributed by atoms with Gasteiger partial charge in [-0.25, -0.2) is 4.79 Å². The van der Waals surface area contributed by atoms with Gasteiger partial charge in [0, 0.05) is 62.9 Å². The first-order valence-electron chi connectivity index (χ1n) is 12.0. The second-order valence-electron chi connectivity index (χ2n) is 9.50. The SMILES string of the molecule is NC(=O)N1CCN(C2CCN(C(=O)CCc3ccc(C(F)(F)C(F)(F)F)c(C(F)(F)C(F)(F)F)c3)CC2)CC1. The Bertz CT molecular complexity index is 1040. The van der Waals surface area contributed by atoms with Crippen LogP contribution in [0.25, 0.3) is 0 Å². The average molecular weight is 580 g/mol. The fourth-order valence-corrected chi connectivity index (χ4v) is 4.78. The maximum Gasteiger partial charge on any atom is 0.458 e. The molecule has 6 nitrogen and oxygen atoms in total. The molecule has 0 bridgehead atoms. The standard InChI is InChI=1S/C23H26F10N4O2/c24-20(25,22(28,29)30)16-3-1-14(13-17(16)21(26,27)23(31,32)33)2-4-18(38)36-7-5-15(6-8-36)35-9-11-37(12-10-35)19(34)39/h1,3,13,15H,2,4-12H2,(H2,34,39). The minimum atomic E-state index is -6.44. The number of nitrogens with zero attached hydrogens (tertiary/aromatic N) is 3. The quantitative estimate of drug-likeness (QED) is 0.500. The van der Waals surface area contributed by atoms with E-state index in [0.29, 0.717) is 58.2 Å². The summed E-state index contributed by atoms with van der Waals surface area (Å²) in [5.74, 6) is -12.4. The lowest BCUT2D eigenvalue weighted by atomic mass is 9.92. The topological polar surface area (TPSA) is 69.9 Å². The number of rotatable bonds is 6. The van der Waals surface area contributed by atoms with Gasteiger partial charge in [-0.05, 0) is 30.9 Å². The number of hydrogen-bond acceptors (Lipinski definition) is 3. The van der Waals surface area contributed by atoms with Gasteiger partial charge in [0.1, 0.15) is 0 Å². The largest absolute Gasteiger partial charge is 0.458 e. The molecular weight excluding hydrogens is 554 g/mol. The van der Waals surface area contributed by atoms with Crippen LogP contribution in [0.2, 0.25) is 0 Å². The summed E-state index contributed by atoms with van der Waals surface area (Å²) in [6.45, 7) is 2.81. The van der Waals surface area contributed by atoms with Crippen LogP contribution in [-0.4, -0.2) is 84.3 Å². The van der Waals surface area contributed by atoms with Crippen molar-refractivity contribution in [3.8, 4) is 0 Å². The van der Waals surface area contributed by atoms with E-state index in [2.05, 4.69) is 4.90 Å². The van der Waals surface area contributed by atoms with Crippen molar-refractivity contribution in [3.05, 3.63) is 34.9 Å². The van der Waals surface area contributed by atoms with Crippen molar-refractivity contribution in [3.63, 3.8) is 0 Å². The summed E-state index contributed by atoms with van der Waals surface area (Å²) in [5.41, 5.74) is -0.183. The van der Waals surface area contributed by atoms with Gasteiger partial charge >= 0.3 is 30.2 Å². The number of amides is 3. The summed E-state index contributed by atoms with van der Waals surface area (Å²) < 4.78 is 133. The van der Waals surface area contributed by atoms with Crippen LogP contribution in [0.1, 0.15) is 36.0 Å². The zero-order valence-electron chi connectivity index (χ0n) is 20.4. The van der Waals surface area contributed by atoms with Crippen LogP contribution in [0.5, 0.6) is 0 Å². The monoisotopic (exact) mass is 580 g/mol. The van der Waals surface area contributed by atoms with E-state index < -0.39 is 59.2 Å². The minimum absolute atomic E-state index is 0.0479. The predicted octanol–water partition coefficient (Wildman–Crippen LogP) is 4.61. The molecule has 0 spiro atoms. The number of nitrogens with two attached hydrogens (primary N) is 1. The number of benzene rings is 1. The van der Waals surface area contributed by atoms with E-state index in [-0.39, 0.29) is 24.6 Å². The Morgan fingerprint density at radius 2 is 1.26 bits per heavy atom. The van der Waals surface area contributed by atoms with E-state index in [9.17, 15) is 53.5 Å². The highest BCUT2D eigenvalue weighted by Crippen LogP contribution is 2.52. The molecule has 2 fully saturated rings. The Morgan fingerprint density at radius 3 is 1.74 bits per heavy atom. The van der Waals surface area contributed by atoms with E-state index in [4.69, 9.17) is 5.73 Å². The molecule has 2 N–H and O–H groups in total. The second kappa shape index (κ2) is 11.0. The van der Waals surface area contributed by atoms with Gasteiger partial charge in [-0.15, -0.1) is 0 Å². The van der Waals surface area contributed by atoms with Crippen LogP contribution in [0, 0.1) is 0 Å².